The van der Waals surface area contributed by atoms with Crippen LogP contribution < -0.4 is 5.56 Å². The van der Waals surface area contributed by atoms with Crippen LogP contribution >= 0.6 is 0 Å². The van der Waals surface area contributed by atoms with Crippen LogP contribution in [0.3, 0.4) is 0 Å². The lowest BCUT2D eigenvalue weighted by Gasteiger charge is -2.18. The maximum atomic E-state index is 12.9. The predicted molar refractivity (Wildman–Crippen MR) is 98.5 cm³/mol. The van der Waals surface area contributed by atoms with Gasteiger partial charge in [-0.05, 0) is 42.7 Å². The number of likely N-dealkylation sites (N-methyl/N-ethyl adjacent to an activating group) is 1. The molecule has 0 atom stereocenters. The van der Waals surface area contributed by atoms with Gasteiger partial charge in [0.15, 0.2) is 0 Å². The Morgan fingerprint density at radius 2 is 1.92 bits per heavy atom. The fourth-order valence-electron chi connectivity index (χ4n) is 2.79. The minimum absolute atomic E-state index is 0.0599. The van der Waals surface area contributed by atoms with E-state index in [1.165, 1.54) is 23.0 Å². The van der Waals surface area contributed by atoms with Gasteiger partial charge in [-0.1, -0.05) is 24.3 Å². The fourth-order valence-corrected chi connectivity index (χ4v) is 2.79. The number of nitrogens with zero attached hydrogens (tertiary/aromatic N) is 3. The Morgan fingerprint density at radius 3 is 2.65 bits per heavy atom. The number of carbonyl (C=O) groups is 1. The van der Waals surface area contributed by atoms with E-state index >= 15 is 0 Å². The van der Waals surface area contributed by atoms with Gasteiger partial charge in [0.25, 0.3) is 5.56 Å². The molecular weight excluding hydrogens is 333 g/mol. The van der Waals surface area contributed by atoms with Gasteiger partial charge in [0.05, 0.1) is 17.2 Å². The third-order valence-electron chi connectivity index (χ3n) is 4.44. The number of hydrogen-bond donors (Lipinski definition) is 0. The Hall–Kier alpha value is -3.02. The van der Waals surface area contributed by atoms with Gasteiger partial charge in [-0.15, -0.1) is 0 Å². The molecule has 0 saturated carbocycles. The van der Waals surface area contributed by atoms with Crippen molar-refractivity contribution in [2.24, 2.45) is 0 Å². The quantitative estimate of drug-likeness (QED) is 0.708. The molecular formula is C20H20FN3O2. The molecule has 0 bridgehead atoms. The third-order valence-corrected chi connectivity index (χ3v) is 4.44. The number of halogens is 1. The molecule has 1 amide bonds. The zero-order valence-corrected chi connectivity index (χ0v) is 14.8. The molecule has 0 unspecified atom stereocenters. The van der Waals surface area contributed by atoms with Crippen molar-refractivity contribution in [3.05, 3.63) is 76.1 Å². The summed E-state index contributed by atoms with van der Waals surface area (Å²) in [5, 5.41) is 0.509. The van der Waals surface area contributed by atoms with Crippen LogP contribution in [0.5, 0.6) is 0 Å². The Balaban J connectivity index is 1.69. The van der Waals surface area contributed by atoms with E-state index in [0.29, 0.717) is 23.9 Å². The molecule has 1 heterocycles. The van der Waals surface area contributed by atoms with Gasteiger partial charge in [0, 0.05) is 13.6 Å². The van der Waals surface area contributed by atoms with Gasteiger partial charge in [0.1, 0.15) is 12.4 Å². The van der Waals surface area contributed by atoms with E-state index in [1.807, 2.05) is 19.1 Å². The summed E-state index contributed by atoms with van der Waals surface area (Å²) in [6.07, 6.45) is 2.04. The molecule has 134 valence electrons. The Bertz CT molecular complexity index is 996. The van der Waals surface area contributed by atoms with Crippen molar-refractivity contribution in [2.75, 3.05) is 13.6 Å². The lowest BCUT2D eigenvalue weighted by Crippen LogP contribution is -2.35. The average molecular weight is 353 g/mol. The van der Waals surface area contributed by atoms with E-state index in [0.717, 1.165) is 11.1 Å². The topological polar surface area (TPSA) is 55.2 Å². The maximum Gasteiger partial charge on any atom is 0.261 e. The molecule has 0 aliphatic rings. The van der Waals surface area contributed by atoms with Crippen LogP contribution in [0, 0.1) is 12.7 Å². The number of fused-ring (bicyclic) bond motifs is 1. The number of amides is 1. The molecule has 3 aromatic rings. The molecule has 0 N–H and O–H groups in total. The van der Waals surface area contributed by atoms with Gasteiger partial charge < -0.3 is 4.90 Å². The van der Waals surface area contributed by atoms with Gasteiger partial charge >= 0.3 is 0 Å². The highest BCUT2D eigenvalue weighted by Crippen LogP contribution is 2.11. The van der Waals surface area contributed by atoms with Crippen molar-refractivity contribution >= 4 is 16.8 Å². The minimum Gasteiger partial charge on any atom is -0.344 e. The van der Waals surface area contributed by atoms with Crippen LogP contribution in [0.25, 0.3) is 10.9 Å². The summed E-state index contributed by atoms with van der Waals surface area (Å²) >= 11 is 0. The second kappa shape index (κ2) is 7.47. The van der Waals surface area contributed by atoms with Crippen molar-refractivity contribution in [1.82, 2.24) is 14.5 Å². The molecule has 6 heteroatoms. The van der Waals surface area contributed by atoms with Crippen molar-refractivity contribution in [3.8, 4) is 0 Å². The lowest BCUT2D eigenvalue weighted by atomic mass is 10.1. The van der Waals surface area contributed by atoms with E-state index in [9.17, 15) is 14.0 Å². The summed E-state index contributed by atoms with van der Waals surface area (Å²) in [7, 11) is 1.69. The molecule has 0 aliphatic carbocycles. The monoisotopic (exact) mass is 353 g/mol. The SMILES string of the molecule is Cc1cccc2c(=O)n(CC(=O)N(C)CCc3ccc(F)cc3)cnc12. The molecule has 0 fully saturated rings. The molecule has 0 spiro atoms. The number of benzene rings is 2. The van der Waals surface area contributed by atoms with Gasteiger partial charge in [-0.3, -0.25) is 14.2 Å². The van der Waals surface area contributed by atoms with Gasteiger partial charge in [-0.25, -0.2) is 9.37 Å². The van der Waals surface area contributed by atoms with E-state index < -0.39 is 0 Å². The van der Waals surface area contributed by atoms with Crippen molar-refractivity contribution < 1.29 is 9.18 Å². The van der Waals surface area contributed by atoms with Crippen LogP contribution in [0.15, 0.2) is 53.6 Å². The maximum absolute atomic E-state index is 12.9. The summed E-state index contributed by atoms with van der Waals surface area (Å²) in [5.41, 5.74) is 2.31. The van der Waals surface area contributed by atoms with Crippen molar-refractivity contribution in [1.29, 1.82) is 0 Å². The first-order valence-electron chi connectivity index (χ1n) is 8.39. The number of aromatic nitrogens is 2. The van der Waals surface area contributed by atoms with Gasteiger partial charge in [-0.2, -0.15) is 0 Å². The van der Waals surface area contributed by atoms with Gasteiger partial charge in [0.2, 0.25) is 5.91 Å². The number of para-hydroxylation sites is 1. The zero-order chi connectivity index (χ0) is 18.7. The molecule has 26 heavy (non-hydrogen) atoms. The second-order valence-electron chi connectivity index (χ2n) is 6.34. The Kier molecular flexibility index (Phi) is 5.11. The highest BCUT2D eigenvalue weighted by Gasteiger charge is 2.13. The second-order valence-corrected chi connectivity index (χ2v) is 6.34. The molecule has 0 aliphatic heterocycles. The molecule has 0 saturated heterocycles. The highest BCUT2D eigenvalue weighted by molar-refractivity contribution is 5.81. The Morgan fingerprint density at radius 1 is 1.19 bits per heavy atom. The molecule has 2 aromatic carbocycles. The first kappa shape index (κ1) is 17.8. The number of aryl methyl sites for hydroxylation is 1. The van der Waals surface area contributed by atoms with Crippen LogP contribution in [0.1, 0.15) is 11.1 Å². The Labute approximate surface area is 150 Å². The smallest absolute Gasteiger partial charge is 0.261 e. The van der Waals surface area contributed by atoms with E-state index in [-0.39, 0.29) is 23.8 Å². The standard InChI is InChI=1S/C20H20FN3O2/c1-14-4-3-5-17-19(14)22-13-24(20(17)26)12-18(25)23(2)11-10-15-6-8-16(21)9-7-15/h3-9,13H,10-12H2,1-2H3. The van der Waals surface area contributed by atoms with Crippen LogP contribution in [-0.4, -0.2) is 34.0 Å². The third kappa shape index (κ3) is 3.79. The van der Waals surface area contributed by atoms with Crippen LogP contribution in [0.2, 0.25) is 0 Å². The van der Waals surface area contributed by atoms with Crippen LogP contribution in [0.4, 0.5) is 4.39 Å². The van der Waals surface area contributed by atoms with Crippen LogP contribution in [-0.2, 0) is 17.8 Å². The average Bonchev–Trinajstić information content (AvgIpc) is 2.63. The summed E-state index contributed by atoms with van der Waals surface area (Å²) in [6.45, 7) is 2.32. The lowest BCUT2D eigenvalue weighted by molar-refractivity contribution is -0.130. The highest BCUT2D eigenvalue weighted by atomic mass is 19.1. The predicted octanol–water partition coefficient (Wildman–Crippen LogP) is 2.55. The number of rotatable bonds is 5. The van der Waals surface area contributed by atoms with E-state index in [1.54, 1.807) is 30.1 Å². The summed E-state index contributed by atoms with van der Waals surface area (Å²) in [6, 6.07) is 11.6. The van der Waals surface area contributed by atoms with Crippen molar-refractivity contribution in [3.63, 3.8) is 0 Å². The summed E-state index contributed by atoms with van der Waals surface area (Å²) < 4.78 is 14.3. The minimum atomic E-state index is -0.281. The molecule has 0 radical (unpaired) electrons. The summed E-state index contributed by atoms with van der Waals surface area (Å²) in [5.74, 6) is -0.459. The fraction of sp³-hybridized carbons (Fsp3) is 0.250. The number of carbonyl (C=O) groups excluding carboxylic acids is 1. The molecule has 1 aromatic heterocycles. The largest absolute Gasteiger partial charge is 0.344 e. The number of hydrogen-bond acceptors (Lipinski definition) is 3. The van der Waals surface area contributed by atoms with E-state index in [4.69, 9.17) is 0 Å². The summed E-state index contributed by atoms with van der Waals surface area (Å²) in [4.78, 5) is 30.9. The normalized spacial score (nSPS) is 10.9. The first-order valence-corrected chi connectivity index (χ1v) is 8.39. The first-order chi connectivity index (χ1) is 12.5. The molecule has 3 rings (SSSR count). The zero-order valence-electron chi connectivity index (χ0n) is 14.8. The van der Waals surface area contributed by atoms with Crippen molar-refractivity contribution in [2.45, 2.75) is 19.9 Å². The molecule has 5 nitrogen and oxygen atoms in total. The van der Waals surface area contributed by atoms with E-state index in [2.05, 4.69) is 4.98 Å².